The van der Waals surface area contributed by atoms with Crippen molar-refractivity contribution in [1.82, 2.24) is 0 Å². The summed E-state index contributed by atoms with van der Waals surface area (Å²) in [4.78, 5) is 25.0. The number of carbonyl (C=O) groups excluding carboxylic acids is 2. The zero-order valence-corrected chi connectivity index (χ0v) is 14.3. The quantitative estimate of drug-likeness (QED) is 0.714. The van der Waals surface area contributed by atoms with E-state index >= 15 is 0 Å². The second-order valence-corrected chi connectivity index (χ2v) is 6.04. The van der Waals surface area contributed by atoms with Gasteiger partial charge in [0, 0.05) is 5.69 Å². The Balaban J connectivity index is 1.64. The normalized spacial score (nSPS) is 12.3. The molecule has 2 N–H and O–H groups in total. The van der Waals surface area contributed by atoms with Gasteiger partial charge in [-0.3, -0.25) is 9.59 Å². The van der Waals surface area contributed by atoms with E-state index in [0.717, 1.165) is 0 Å². The summed E-state index contributed by atoms with van der Waals surface area (Å²) >= 11 is 0. The fourth-order valence-electron chi connectivity index (χ4n) is 2.90. The lowest BCUT2D eigenvalue weighted by atomic mass is 10.1. The van der Waals surface area contributed by atoms with Crippen LogP contribution in [0.5, 0.6) is 11.5 Å². The third kappa shape index (κ3) is 2.82. The number of carbonyl (C=O) groups is 2. The van der Waals surface area contributed by atoms with E-state index in [2.05, 4.69) is 10.6 Å². The van der Waals surface area contributed by atoms with E-state index in [-0.39, 0.29) is 11.8 Å². The molecule has 0 aliphatic carbocycles. The number of hydrogen-bond acceptors (Lipinski definition) is 4. The number of aryl methyl sites for hydroxylation is 2. The Morgan fingerprint density at radius 2 is 1.85 bits per heavy atom. The summed E-state index contributed by atoms with van der Waals surface area (Å²) in [6, 6.07) is 13.8. The van der Waals surface area contributed by atoms with Gasteiger partial charge in [-0.25, -0.2) is 0 Å². The molecule has 0 saturated heterocycles. The number of nitrogens with one attached hydrogen (secondary N) is 2. The Hall–Kier alpha value is -3.54. The SMILES string of the molecule is Cc1cc(C(=O)Nc2ccc3c(c2)C(=O)Nc2ccccc2O3)c(C)o1. The van der Waals surface area contributed by atoms with Gasteiger partial charge in [0.25, 0.3) is 11.8 Å². The molecule has 130 valence electrons. The summed E-state index contributed by atoms with van der Waals surface area (Å²) in [7, 11) is 0. The van der Waals surface area contributed by atoms with Crippen molar-refractivity contribution in [2.75, 3.05) is 10.6 Å². The highest BCUT2D eigenvalue weighted by atomic mass is 16.5. The van der Waals surface area contributed by atoms with Crippen LogP contribution < -0.4 is 15.4 Å². The molecule has 1 aliphatic rings. The van der Waals surface area contributed by atoms with E-state index < -0.39 is 0 Å². The van der Waals surface area contributed by atoms with E-state index in [1.54, 1.807) is 50.2 Å². The number of amides is 2. The molecule has 2 heterocycles. The molecule has 0 unspecified atom stereocenters. The van der Waals surface area contributed by atoms with E-state index in [9.17, 15) is 9.59 Å². The van der Waals surface area contributed by atoms with Crippen LogP contribution in [0.15, 0.2) is 52.9 Å². The molecular formula is C20H16N2O4. The third-order valence-corrected chi connectivity index (χ3v) is 4.12. The van der Waals surface area contributed by atoms with E-state index in [1.807, 2.05) is 12.1 Å². The van der Waals surface area contributed by atoms with Crippen LogP contribution in [0, 0.1) is 13.8 Å². The van der Waals surface area contributed by atoms with Gasteiger partial charge in [-0.15, -0.1) is 0 Å². The van der Waals surface area contributed by atoms with Gasteiger partial charge in [-0.05, 0) is 50.2 Å². The zero-order valence-electron chi connectivity index (χ0n) is 14.3. The zero-order chi connectivity index (χ0) is 18.3. The van der Waals surface area contributed by atoms with Crippen LogP contribution in [0.4, 0.5) is 11.4 Å². The molecular weight excluding hydrogens is 332 g/mol. The minimum Gasteiger partial charge on any atom is -0.466 e. The predicted octanol–water partition coefficient (Wildman–Crippen LogP) is 4.51. The number of fused-ring (bicyclic) bond motifs is 2. The minimum absolute atomic E-state index is 0.294. The van der Waals surface area contributed by atoms with Crippen LogP contribution in [0.3, 0.4) is 0 Å². The summed E-state index contributed by atoms with van der Waals surface area (Å²) in [5.41, 5.74) is 1.91. The Kier molecular flexibility index (Phi) is 3.73. The predicted molar refractivity (Wildman–Crippen MR) is 97.0 cm³/mol. The first-order chi connectivity index (χ1) is 12.5. The fraction of sp³-hybridized carbons (Fsp3) is 0.100. The van der Waals surface area contributed by atoms with Crippen LogP contribution in [-0.4, -0.2) is 11.8 Å². The van der Waals surface area contributed by atoms with Gasteiger partial charge in [0.15, 0.2) is 5.75 Å². The van der Waals surface area contributed by atoms with Gasteiger partial charge < -0.3 is 19.8 Å². The molecule has 4 rings (SSSR count). The van der Waals surface area contributed by atoms with Crippen LogP contribution in [-0.2, 0) is 0 Å². The van der Waals surface area contributed by atoms with Gasteiger partial charge in [-0.1, -0.05) is 12.1 Å². The smallest absolute Gasteiger partial charge is 0.259 e. The van der Waals surface area contributed by atoms with Crippen molar-refractivity contribution in [3.63, 3.8) is 0 Å². The molecule has 1 aliphatic heterocycles. The lowest BCUT2D eigenvalue weighted by molar-refractivity contribution is 0.101. The molecule has 0 atom stereocenters. The summed E-state index contributed by atoms with van der Waals surface area (Å²) in [6.45, 7) is 3.52. The Bertz CT molecular complexity index is 1040. The summed E-state index contributed by atoms with van der Waals surface area (Å²) in [6.07, 6.45) is 0. The average molecular weight is 348 g/mol. The lowest BCUT2D eigenvalue weighted by Crippen LogP contribution is -2.14. The highest BCUT2D eigenvalue weighted by molar-refractivity contribution is 6.10. The first kappa shape index (κ1) is 16.0. The molecule has 0 fully saturated rings. The highest BCUT2D eigenvalue weighted by Gasteiger charge is 2.22. The van der Waals surface area contributed by atoms with Gasteiger partial charge in [0.1, 0.15) is 17.3 Å². The summed E-state index contributed by atoms with van der Waals surface area (Å²) in [5, 5.41) is 5.60. The molecule has 0 bridgehead atoms. The van der Waals surface area contributed by atoms with E-state index in [1.165, 1.54) is 0 Å². The molecule has 26 heavy (non-hydrogen) atoms. The highest BCUT2D eigenvalue weighted by Crippen LogP contribution is 2.36. The standard InChI is InChI=1S/C20H16N2O4/c1-11-9-14(12(2)25-11)19(23)21-13-7-8-17-15(10-13)20(24)22-16-5-3-4-6-18(16)26-17/h3-10H,1-2H3,(H,21,23)(H,22,24). The molecule has 6 heteroatoms. The maximum absolute atomic E-state index is 12.5. The van der Waals surface area contributed by atoms with Crippen molar-refractivity contribution >= 4 is 23.2 Å². The molecule has 1 aromatic heterocycles. The average Bonchev–Trinajstić information content (AvgIpc) is 2.88. The first-order valence-electron chi connectivity index (χ1n) is 8.12. The van der Waals surface area contributed by atoms with Gasteiger partial charge in [0.05, 0.1) is 16.8 Å². The van der Waals surface area contributed by atoms with Gasteiger partial charge in [-0.2, -0.15) is 0 Å². The molecule has 2 amide bonds. The maximum Gasteiger partial charge on any atom is 0.259 e. The van der Waals surface area contributed by atoms with Crippen LogP contribution in [0.25, 0.3) is 0 Å². The molecule has 0 saturated carbocycles. The van der Waals surface area contributed by atoms with E-state index in [4.69, 9.17) is 9.15 Å². The second kappa shape index (κ2) is 6.07. The number of para-hydroxylation sites is 2. The molecule has 2 aromatic carbocycles. The number of rotatable bonds is 2. The number of hydrogen-bond donors (Lipinski definition) is 2. The van der Waals surface area contributed by atoms with Gasteiger partial charge >= 0.3 is 0 Å². The number of anilines is 2. The van der Waals surface area contributed by atoms with Crippen molar-refractivity contribution in [2.24, 2.45) is 0 Å². The number of furan rings is 1. The van der Waals surface area contributed by atoms with Crippen LogP contribution in [0.2, 0.25) is 0 Å². The number of benzene rings is 2. The van der Waals surface area contributed by atoms with Crippen molar-refractivity contribution in [3.05, 3.63) is 71.2 Å². The molecule has 0 radical (unpaired) electrons. The molecule has 3 aromatic rings. The van der Waals surface area contributed by atoms with Gasteiger partial charge in [0.2, 0.25) is 0 Å². The Labute approximate surface area is 149 Å². The monoisotopic (exact) mass is 348 g/mol. The van der Waals surface area contributed by atoms with E-state index in [0.29, 0.717) is 45.5 Å². The van der Waals surface area contributed by atoms with Crippen LogP contribution in [0.1, 0.15) is 32.2 Å². The maximum atomic E-state index is 12.5. The summed E-state index contributed by atoms with van der Waals surface area (Å²) < 4.78 is 11.2. The summed E-state index contributed by atoms with van der Waals surface area (Å²) in [5.74, 6) is 1.63. The Morgan fingerprint density at radius 1 is 1.04 bits per heavy atom. The van der Waals surface area contributed by atoms with Crippen molar-refractivity contribution in [2.45, 2.75) is 13.8 Å². The number of ether oxygens (including phenoxy) is 1. The van der Waals surface area contributed by atoms with Crippen molar-refractivity contribution in [1.29, 1.82) is 0 Å². The lowest BCUT2D eigenvalue weighted by Gasteiger charge is -2.09. The largest absolute Gasteiger partial charge is 0.466 e. The van der Waals surface area contributed by atoms with Crippen LogP contribution >= 0.6 is 0 Å². The first-order valence-corrected chi connectivity index (χ1v) is 8.12. The minimum atomic E-state index is -0.295. The molecule has 0 spiro atoms. The van der Waals surface area contributed by atoms with Crippen molar-refractivity contribution in [3.8, 4) is 11.5 Å². The third-order valence-electron chi connectivity index (χ3n) is 4.12. The molecule has 6 nitrogen and oxygen atoms in total. The Morgan fingerprint density at radius 3 is 2.62 bits per heavy atom. The topological polar surface area (TPSA) is 80.6 Å². The second-order valence-electron chi connectivity index (χ2n) is 6.04. The van der Waals surface area contributed by atoms with Crippen molar-refractivity contribution < 1.29 is 18.7 Å². The fourth-order valence-corrected chi connectivity index (χ4v) is 2.90.